The lowest BCUT2D eigenvalue weighted by Crippen LogP contribution is -1.96. The zero-order valence-corrected chi connectivity index (χ0v) is 16.7. The topological polar surface area (TPSA) is 53.2 Å². The Morgan fingerprint density at radius 2 is 1.58 bits per heavy atom. The van der Waals surface area contributed by atoms with Crippen LogP contribution < -0.4 is 0 Å². The minimum atomic E-state index is -0.999. The van der Waals surface area contributed by atoms with Crippen LogP contribution in [-0.4, -0.2) is 25.2 Å². The number of rotatable bonds is 3. The molecule has 0 saturated carbocycles. The number of halogens is 1. The van der Waals surface area contributed by atoms with Crippen molar-refractivity contribution in [2.45, 2.75) is 11.8 Å². The van der Waals surface area contributed by atoms with Crippen LogP contribution in [0, 0.1) is 6.92 Å². The molecule has 2 heterocycles. The zero-order valence-electron chi connectivity index (χ0n) is 14.3. The van der Waals surface area contributed by atoms with Crippen LogP contribution in [0.2, 0.25) is 0 Å². The van der Waals surface area contributed by atoms with Crippen molar-refractivity contribution >= 4 is 32.9 Å². The van der Waals surface area contributed by atoms with Gasteiger partial charge in [-0.15, -0.1) is 0 Å². The van der Waals surface area contributed by atoms with Crippen LogP contribution in [0.5, 0.6) is 0 Å². The van der Waals surface area contributed by atoms with Crippen LogP contribution in [0.3, 0.4) is 0 Å². The van der Waals surface area contributed by atoms with E-state index in [-0.39, 0.29) is 0 Å². The molecule has 2 aromatic heterocycles. The lowest BCUT2D eigenvalue weighted by molar-refractivity contribution is 0.601. The molecule has 4 rings (SSSR count). The normalized spacial score (nSPS) is 12.5. The summed E-state index contributed by atoms with van der Waals surface area (Å²) in [6.07, 6.45) is 3.68. The minimum Gasteiger partial charge on any atom is -0.612 e. The molecule has 1 atom stereocenters. The van der Waals surface area contributed by atoms with Gasteiger partial charge in [0, 0.05) is 27.5 Å². The number of aromatic nitrogens is 3. The Bertz CT molecular complexity index is 1070. The highest BCUT2D eigenvalue weighted by Crippen LogP contribution is 2.33. The van der Waals surface area contributed by atoms with Crippen LogP contribution in [0.15, 0.2) is 70.2 Å². The summed E-state index contributed by atoms with van der Waals surface area (Å²) in [6, 6.07) is 17.8. The van der Waals surface area contributed by atoms with Crippen molar-refractivity contribution in [2.24, 2.45) is 0 Å². The highest BCUT2D eigenvalue weighted by Gasteiger charge is 2.17. The molecule has 0 saturated heterocycles. The van der Waals surface area contributed by atoms with Crippen molar-refractivity contribution in [3.63, 3.8) is 0 Å². The maximum atomic E-state index is 11.7. The van der Waals surface area contributed by atoms with Crippen LogP contribution in [0.1, 0.15) is 5.69 Å². The van der Waals surface area contributed by atoms with Gasteiger partial charge in [0.1, 0.15) is 6.26 Å². The van der Waals surface area contributed by atoms with Crippen molar-refractivity contribution < 1.29 is 4.55 Å². The molecule has 0 amide bonds. The largest absolute Gasteiger partial charge is 0.612 e. The molecular weight excluding hydrogens is 410 g/mol. The Hall–Kier alpha value is -2.15. The molecule has 2 aromatic carbocycles. The van der Waals surface area contributed by atoms with E-state index in [1.807, 2.05) is 60.0 Å². The first-order valence-corrected chi connectivity index (χ1v) is 10.4. The zero-order chi connectivity index (χ0) is 18.3. The molecule has 1 unspecified atom stereocenters. The summed E-state index contributed by atoms with van der Waals surface area (Å²) in [6.45, 7) is 1.96. The van der Waals surface area contributed by atoms with Gasteiger partial charge in [0.25, 0.3) is 0 Å². The number of fused-ring (bicyclic) bond motifs is 1. The molecule has 4 nitrogen and oxygen atoms in total. The highest BCUT2D eigenvalue weighted by molar-refractivity contribution is 9.10. The van der Waals surface area contributed by atoms with Gasteiger partial charge in [-0.1, -0.05) is 28.1 Å². The number of nitrogens with zero attached hydrogens (tertiary/aromatic N) is 3. The summed E-state index contributed by atoms with van der Waals surface area (Å²) in [5.74, 6) is 0.668. The summed E-state index contributed by atoms with van der Waals surface area (Å²) in [7, 11) is 0. The number of imidazole rings is 1. The number of hydrogen-bond donors (Lipinski definition) is 0. The Morgan fingerprint density at radius 3 is 2.23 bits per heavy atom. The van der Waals surface area contributed by atoms with E-state index in [0.717, 1.165) is 37.6 Å². The first-order chi connectivity index (χ1) is 12.5. The first kappa shape index (κ1) is 17.3. The monoisotopic (exact) mass is 425 g/mol. The van der Waals surface area contributed by atoms with Crippen LogP contribution >= 0.6 is 15.9 Å². The fourth-order valence-corrected chi connectivity index (χ4v) is 3.69. The van der Waals surface area contributed by atoms with E-state index in [4.69, 9.17) is 4.98 Å². The molecule has 0 aliphatic carbocycles. The summed E-state index contributed by atoms with van der Waals surface area (Å²) in [5, 5.41) is 0. The molecule has 0 aliphatic rings. The molecule has 130 valence electrons. The van der Waals surface area contributed by atoms with Crippen LogP contribution in [0.4, 0.5) is 0 Å². The highest BCUT2D eigenvalue weighted by atomic mass is 79.9. The Labute approximate surface area is 163 Å². The fourth-order valence-electron chi connectivity index (χ4n) is 2.91. The molecule has 4 aromatic rings. The number of aryl methyl sites for hydroxylation is 1. The fraction of sp³-hybridized carbons (Fsp3) is 0.100. The second kappa shape index (κ2) is 6.87. The number of benzene rings is 2. The molecule has 6 heteroatoms. The molecule has 0 aliphatic heterocycles. The molecule has 0 spiro atoms. The van der Waals surface area contributed by atoms with Crippen molar-refractivity contribution in [3.05, 3.63) is 71.0 Å². The second-order valence-electron chi connectivity index (χ2n) is 6.03. The minimum absolute atomic E-state index is 0.668. The van der Waals surface area contributed by atoms with E-state index >= 15 is 0 Å². The summed E-state index contributed by atoms with van der Waals surface area (Å²) in [4.78, 5) is 10.1. The van der Waals surface area contributed by atoms with E-state index in [1.165, 1.54) is 0 Å². The van der Waals surface area contributed by atoms with Gasteiger partial charge in [0.2, 0.25) is 5.78 Å². The molecule has 26 heavy (non-hydrogen) atoms. The van der Waals surface area contributed by atoms with E-state index in [2.05, 4.69) is 33.0 Å². The van der Waals surface area contributed by atoms with Gasteiger partial charge >= 0.3 is 0 Å². The third-order valence-corrected chi connectivity index (χ3v) is 5.68. The Kier molecular flexibility index (Phi) is 4.56. The van der Waals surface area contributed by atoms with Gasteiger partial charge in [-0.3, -0.25) is 4.40 Å². The molecule has 0 bridgehead atoms. The molecule has 0 fully saturated rings. The van der Waals surface area contributed by atoms with Crippen LogP contribution in [0.25, 0.3) is 28.3 Å². The van der Waals surface area contributed by atoms with Gasteiger partial charge < -0.3 is 4.55 Å². The predicted octanol–water partition coefficient (Wildman–Crippen LogP) is 4.87. The van der Waals surface area contributed by atoms with E-state index in [9.17, 15) is 4.55 Å². The molecule has 0 radical (unpaired) electrons. The van der Waals surface area contributed by atoms with Gasteiger partial charge in [0.05, 0.1) is 11.4 Å². The standard InChI is InChI=1S/C20H16BrN3OS/c1-13-11-12-24-19(15-3-7-16(21)8-4-15)18(23-20(24)22-13)14-5-9-17(10-6-14)26(2)25/h3-12H,1-2H3. The van der Waals surface area contributed by atoms with Crippen molar-refractivity contribution in [2.75, 3.05) is 6.26 Å². The SMILES string of the molecule is Cc1ccn2c(-c3ccc(Br)cc3)c(-c3ccc([S+](C)[O-])cc3)nc2n1. The Morgan fingerprint density at radius 1 is 0.923 bits per heavy atom. The smallest absolute Gasteiger partial charge is 0.235 e. The van der Waals surface area contributed by atoms with Crippen molar-refractivity contribution in [1.29, 1.82) is 0 Å². The van der Waals surface area contributed by atoms with E-state index in [0.29, 0.717) is 5.78 Å². The van der Waals surface area contributed by atoms with Crippen molar-refractivity contribution in [3.8, 4) is 22.5 Å². The summed E-state index contributed by atoms with van der Waals surface area (Å²) in [5.41, 5.74) is 4.81. The van der Waals surface area contributed by atoms with Gasteiger partial charge in [-0.05, 0) is 60.6 Å². The number of hydrogen-bond acceptors (Lipinski definition) is 3. The second-order valence-corrected chi connectivity index (χ2v) is 8.33. The van der Waals surface area contributed by atoms with Gasteiger partial charge in [-0.25, -0.2) is 9.97 Å². The lowest BCUT2D eigenvalue weighted by Gasteiger charge is -2.07. The summed E-state index contributed by atoms with van der Waals surface area (Å²) >= 11 is 2.49. The predicted molar refractivity (Wildman–Crippen MR) is 109 cm³/mol. The van der Waals surface area contributed by atoms with E-state index in [1.54, 1.807) is 6.26 Å². The Balaban J connectivity index is 1.95. The molecular formula is C20H16BrN3OS. The molecule has 0 N–H and O–H groups in total. The van der Waals surface area contributed by atoms with Gasteiger partial charge in [0.15, 0.2) is 4.90 Å². The van der Waals surface area contributed by atoms with E-state index < -0.39 is 11.2 Å². The third kappa shape index (κ3) is 3.16. The maximum absolute atomic E-state index is 11.7. The van der Waals surface area contributed by atoms with Crippen LogP contribution in [-0.2, 0) is 11.2 Å². The maximum Gasteiger partial charge on any atom is 0.235 e. The lowest BCUT2D eigenvalue weighted by atomic mass is 10.1. The summed E-state index contributed by atoms with van der Waals surface area (Å²) < 4.78 is 14.7. The van der Waals surface area contributed by atoms with Gasteiger partial charge in [-0.2, -0.15) is 0 Å². The quantitative estimate of drug-likeness (QED) is 0.439. The first-order valence-electron chi connectivity index (χ1n) is 8.08. The average molecular weight is 426 g/mol. The van der Waals surface area contributed by atoms with Crippen molar-refractivity contribution in [1.82, 2.24) is 14.4 Å². The third-order valence-electron chi connectivity index (χ3n) is 4.21. The average Bonchev–Trinajstić information content (AvgIpc) is 3.01.